The van der Waals surface area contributed by atoms with Crippen molar-refractivity contribution in [2.75, 3.05) is 30.9 Å². The summed E-state index contributed by atoms with van der Waals surface area (Å²) in [5.41, 5.74) is 3.10. The van der Waals surface area contributed by atoms with E-state index < -0.39 is 14.6 Å². The highest BCUT2D eigenvalue weighted by Gasteiger charge is 2.55. The van der Waals surface area contributed by atoms with Crippen molar-refractivity contribution >= 4 is 21.2 Å². The normalized spacial score (nSPS) is 21.6. The molecule has 1 aliphatic carbocycles. The van der Waals surface area contributed by atoms with Crippen LogP contribution in [0.25, 0.3) is 17.0 Å². The van der Waals surface area contributed by atoms with Crippen LogP contribution in [0.3, 0.4) is 0 Å². The first-order chi connectivity index (χ1) is 13.8. The first-order valence-corrected chi connectivity index (χ1v) is 11.6. The molecule has 0 bridgehead atoms. The Morgan fingerprint density at radius 3 is 2.72 bits per heavy atom. The summed E-state index contributed by atoms with van der Waals surface area (Å²) >= 11 is 0. The van der Waals surface area contributed by atoms with Gasteiger partial charge in [-0.1, -0.05) is 0 Å². The van der Waals surface area contributed by atoms with Crippen LogP contribution in [0.1, 0.15) is 31.0 Å². The van der Waals surface area contributed by atoms with Crippen LogP contribution in [-0.2, 0) is 19.3 Å². The lowest BCUT2D eigenvalue weighted by molar-refractivity contribution is 0.0984. The maximum Gasteiger partial charge on any atom is 0.179 e. The van der Waals surface area contributed by atoms with E-state index in [0.29, 0.717) is 38.4 Å². The molecule has 2 fully saturated rings. The van der Waals surface area contributed by atoms with Crippen molar-refractivity contribution in [3.8, 4) is 11.5 Å². The fraction of sp³-hybridized carbons (Fsp3) is 0.526. The Labute approximate surface area is 169 Å². The van der Waals surface area contributed by atoms with Gasteiger partial charge >= 0.3 is 0 Å². The van der Waals surface area contributed by atoms with Gasteiger partial charge < -0.3 is 9.64 Å². The Bertz CT molecular complexity index is 1190. The molecular formula is C19H24N6O3S. The number of anilines is 1. The summed E-state index contributed by atoms with van der Waals surface area (Å²) < 4.78 is 31.8. The number of sulfone groups is 1. The van der Waals surface area contributed by atoms with E-state index in [1.165, 1.54) is 6.26 Å². The predicted octanol–water partition coefficient (Wildman–Crippen LogP) is 1.69. The Morgan fingerprint density at radius 2 is 2.10 bits per heavy atom. The number of aromatic amines is 1. The molecule has 9 nitrogen and oxygen atoms in total. The maximum atomic E-state index is 12.7. The summed E-state index contributed by atoms with van der Waals surface area (Å²) in [6.45, 7) is 5.92. The number of aromatic nitrogens is 5. The number of hydrogen-bond donors (Lipinski definition) is 1. The van der Waals surface area contributed by atoms with Gasteiger partial charge in [-0.25, -0.2) is 17.9 Å². The fourth-order valence-electron chi connectivity index (χ4n) is 4.21. The minimum absolute atomic E-state index is 0.149. The number of hydrogen-bond acceptors (Lipinski definition) is 7. The molecule has 29 heavy (non-hydrogen) atoms. The van der Waals surface area contributed by atoms with Crippen molar-refractivity contribution in [2.24, 2.45) is 0 Å². The van der Waals surface area contributed by atoms with Gasteiger partial charge in [0.05, 0.1) is 41.4 Å². The average molecular weight is 417 g/mol. The molecule has 1 aliphatic heterocycles. The highest BCUT2D eigenvalue weighted by atomic mass is 32.2. The number of H-pyrrole nitrogens is 1. The summed E-state index contributed by atoms with van der Waals surface area (Å²) in [5.74, 6) is 1.36. The van der Waals surface area contributed by atoms with E-state index in [-0.39, 0.29) is 6.04 Å². The Hall–Kier alpha value is -2.46. The SMILES string of the molecule is Cc1cc(-c2ncc3c(C4(S(C)(=O)=O)CC4)cc(N4CCOC[C@H]4C)nn23)[nH]n1. The summed E-state index contributed by atoms with van der Waals surface area (Å²) in [5, 5.41) is 12.0. The van der Waals surface area contributed by atoms with E-state index in [1.54, 1.807) is 10.7 Å². The van der Waals surface area contributed by atoms with Crippen LogP contribution in [0.4, 0.5) is 5.82 Å². The van der Waals surface area contributed by atoms with Crippen LogP contribution in [0, 0.1) is 6.92 Å². The molecule has 0 radical (unpaired) electrons. The van der Waals surface area contributed by atoms with Gasteiger partial charge in [0.1, 0.15) is 11.5 Å². The second kappa shape index (κ2) is 6.27. The highest BCUT2D eigenvalue weighted by molar-refractivity contribution is 7.92. The quantitative estimate of drug-likeness (QED) is 0.690. The van der Waals surface area contributed by atoms with E-state index in [1.807, 2.05) is 19.1 Å². The van der Waals surface area contributed by atoms with Gasteiger partial charge in [0.25, 0.3) is 0 Å². The van der Waals surface area contributed by atoms with Crippen LogP contribution >= 0.6 is 0 Å². The number of rotatable bonds is 4. The molecule has 3 aromatic heterocycles. The molecule has 0 unspecified atom stereocenters. The van der Waals surface area contributed by atoms with Crippen molar-refractivity contribution in [2.45, 2.75) is 37.5 Å². The van der Waals surface area contributed by atoms with Gasteiger partial charge in [0.15, 0.2) is 15.7 Å². The van der Waals surface area contributed by atoms with Crippen molar-refractivity contribution in [3.63, 3.8) is 0 Å². The summed E-state index contributed by atoms with van der Waals surface area (Å²) in [6.07, 6.45) is 4.27. The number of fused-ring (bicyclic) bond motifs is 1. The van der Waals surface area contributed by atoms with Crippen LogP contribution in [-0.4, -0.2) is 65.3 Å². The lowest BCUT2D eigenvalue weighted by atomic mass is 10.1. The molecule has 154 valence electrons. The molecule has 0 amide bonds. The Balaban J connectivity index is 1.76. The third-order valence-electron chi connectivity index (χ3n) is 6.00. The smallest absolute Gasteiger partial charge is 0.179 e. The van der Waals surface area contributed by atoms with Crippen LogP contribution in [0.5, 0.6) is 0 Å². The number of morpholine rings is 1. The Morgan fingerprint density at radius 1 is 1.31 bits per heavy atom. The lowest BCUT2D eigenvalue weighted by Crippen LogP contribution is -2.44. The van der Waals surface area contributed by atoms with E-state index in [4.69, 9.17) is 9.84 Å². The average Bonchev–Trinajstić information content (AvgIpc) is 3.23. The molecule has 2 aliphatic rings. The van der Waals surface area contributed by atoms with E-state index in [0.717, 1.165) is 28.3 Å². The largest absolute Gasteiger partial charge is 0.377 e. The number of ether oxygens (including phenoxy) is 1. The number of nitrogens with zero attached hydrogens (tertiary/aromatic N) is 5. The molecule has 4 heterocycles. The number of aryl methyl sites for hydroxylation is 1. The third kappa shape index (κ3) is 2.84. The first kappa shape index (κ1) is 18.6. The monoisotopic (exact) mass is 416 g/mol. The third-order valence-corrected chi connectivity index (χ3v) is 8.05. The molecule has 0 spiro atoms. The van der Waals surface area contributed by atoms with Crippen molar-refractivity contribution in [3.05, 3.63) is 29.6 Å². The van der Waals surface area contributed by atoms with Gasteiger partial charge in [-0.05, 0) is 38.8 Å². The van der Waals surface area contributed by atoms with Crippen molar-refractivity contribution < 1.29 is 13.2 Å². The van der Waals surface area contributed by atoms with Crippen LogP contribution in [0.15, 0.2) is 18.3 Å². The summed E-state index contributed by atoms with van der Waals surface area (Å²) in [4.78, 5) is 6.73. The lowest BCUT2D eigenvalue weighted by Gasteiger charge is -2.34. The van der Waals surface area contributed by atoms with Gasteiger partial charge in [-0.3, -0.25) is 5.10 Å². The summed E-state index contributed by atoms with van der Waals surface area (Å²) in [7, 11) is -3.28. The van der Waals surface area contributed by atoms with E-state index in [2.05, 4.69) is 27.0 Å². The zero-order valence-corrected chi connectivity index (χ0v) is 17.5. The standard InChI is InChI=1S/C19H24N6O3S/c1-12-8-15(22-21-12)18-20-10-16-14(19(4-5-19)29(3,26)27)9-17(23-25(16)18)24-6-7-28-11-13(24)2/h8-10,13H,4-7,11H2,1-3H3,(H,21,22)/t13-/m1/s1. The van der Waals surface area contributed by atoms with Crippen molar-refractivity contribution in [1.82, 2.24) is 24.8 Å². The fourth-order valence-corrected chi connectivity index (χ4v) is 5.62. The molecule has 5 rings (SSSR count). The van der Waals surface area contributed by atoms with E-state index in [9.17, 15) is 8.42 Å². The minimum atomic E-state index is -3.28. The molecule has 1 N–H and O–H groups in total. The second-order valence-electron chi connectivity index (χ2n) is 8.10. The molecule has 1 saturated heterocycles. The van der Waals surface area contributed by atoms with Gasteiger partial charge in [-0.2, -0.15) is 5.10 Å². The number of nitrogens with one attached hydrogen (secondary N) is 1. The molecule has 3 aromatic rings. The first-order valence-electron chi connectivity index (χ1n) is 9.76. The minimum Gasteiger partial charge on any atom is -0.377 e. The zero-order chi connectivity index (χ0) is 20.4. The highest BCUT2D eigenvalue weighted by Crippen LogP contribution is 2.54. The van der Waals surface area contributed by atoms with Gasteiger partial charge in [-0.15, -0.1) is 5.10 Å². The predicted molar refractivity (Wildman–Crippen MR) is 109 cm³/mol. The molecule has 1 atom stereocenters. The summed E-state index contributed by atoms with van der Waals surface area (Å²) in [6, 6.07) is 4.00. The topological polar surface area (TPSA) is 105 Å². The van der Waals surface area contributed by atoms with Crippen LogP contribution in [0.2, 0.25) is 0 Å². The van der Waals surface area contributed by atoms with E-state index >= 15 is 0 Å². The van der Waals surface area contributed by atoms with Gasteiger partial charge in [0.2, 0.25) is 0 Å². The second-order valence-corrected chi connectivity index (χ2v) is 10.4. The molecular weight excluding hydrogens is 392 g/mol. The zero-order valence-electron chi connectivity index (χ0n) is 16.7. The van der Waals surface area contributed by atoms with Crippen LogP contribution < -0.4 is 4.90 Å². The van der Waals surface area contributed by atoms with Crippen molar-refractivity contribution in [1.29, 1.82) is 0 Å². The molecule has 0 aromatic carbocycles. The molecule has 10 heteroatoms. The number of imidazole rings is 1. The Kier molecular flexibility index (Phi) is 4.01. The molecule has 1 saturated carbocycles. The maximum absolute atomic E-state index is 12.7. The van der Waals surface area contributed by atoms with Gasteiger partial charge in [0, 0.05) is 18.4 Å².